The number of rotatable bonds is 1. The summed E-state index contributed by atoms with van der Waals surface area (Å²) in [6, 6.07) is 13.1. The van der Waals surface area contributed by atoms with Crippen LogP contribution in [0.15, 0.2) is 59.9 Å². The van der Waals surface area contributed by atoms with Gasteiger partial charge in [0.25, 0.3) is 5.91 Å². The van der Waals surface area contributed by atoms with Crippen molar-refractivity contribution in [3.63, 3.8) is 0 Å². The summed E-state index contributed by atoms with van der Waals surface area (Å²) in [5, 5.41) is 11.5. The molecule has 1 fully saturated rings. The van der Waals surface area contributed by atoms with Crippen molar-refractivity contribution < 1.29 is 9.59 Å². The average Bonchev–Trinajstić information content (AvgIpc) is 3.54. The number of nitrogens with zero attached hydrogens (tertiary/aromatic N) is 1. The largest absolute Gasteiger partial charge is 0.361 e. The van der Waals surface area contributed by atoms with Gasteiger partial charge in [-0.25, -0.2) is 4.79 Å². The Bertz CT molecular complexity index is 1510. The zero-order chi connectivity index (χ0) is 22.3. The molecule has 7 rings (SSSR count). The van der Waals surface area contributed by atoms with Gasteiger partial charge in [-0.3, -0.25) is 9.79 Å². The Labute approximate surface area is 188 Å². The molecule has 4 atom stereocenters. The van der Waals surface area contributed by atoms with Crippen LogP contribution in [0, 0.1) is 0 Å². The number of aromatic nitrogens is 2. The first kappa shape index (κ1) is 18.5. The minimum absolute atomic E-state index is 0.0346. The van der Waals surface area contributed by atoms with Crippen molar-refractivity contribution in [2.45, 2.75) is 30.5 Å². The minimum atomic E-state index is -0.687. The SMILES string of the molecule is C[C@H]1c2cccc3[nH]cc(c23)[C@H]2NC(=O)C(c3c[nH]c4ccccc34)=N[C@@H]2[C@]12CNC(=O)N2. The summed E-state index contributed by atoms with van der Waals surface area (Å²) >= 11 is 0. The van der Waals surface area contributed by atoms with E-state index in [1.165, 1.54) is 0 Å². The summed E-state index contributed by atoms with van der Waals surface area (Å²) in [5.41, 5.74) is 4.58. The van der Waals surface area contributed by atoms with Crippen LogP contribution in [-0.4, -0.2) is 45.7 Å². The van der Waals surface area contributed by atoms with Crippen molar-refractivity contribution in [2.24, 2.45) is 4.99 Å². The van der Waals surface area contributed by atoms with Gasteiger partial charge in [0.1, 0.15) is 11.8 Å². The van der Waals surface area contributed by atoms with Gasteiger partial charge in [-0.05, 0) is 17.7 Å². The number of urea groups is 1. The molecule has 164 valence electrons. The fourth-order valence-corrected chi connectivity index (χ4v) is 6.03. The molecule has 0 saturated carbocycles. The summed E-state index contributed by atoms with van der Waals surface area (Å²) in [6.07, 6.45) is 3.80. The third-order valence-electron chi connectivity index (χ3n) is 7.69. The van der Waals surface area contributed by atoms with Crippen molar-refractivity contribution in [3.05, 3.63) is 71.5 Å². The second kappa shape index (κ2) is 6.25. The zero-order valence-corrected chi connectivity index (χ0v) is 17.9. The van der Waals surface area contributed by atoms with Crippen LogP contribution in [0.1, 0.15) is 35.6 Å². The quantitative estimate of drug-likeness (QED) is 0.315. The van der Waals surface area contributed by atoms with Crippen molar-refractivity contribution in [1.82, 2.24) is 25.9 Å². The normalized spacial score (nSPS) is 28.3. The first-order valence-corrected chi connectivity index (χ1v) is 11.2. The van der Waals surface area contributed by atoms with Gasteiger partial charge in [-0.15, -0.1) is 0 Å². The number of benzene rings is 2. The number of nitrogens with one attached hydrogen (secondary N) is 5. The lowest BCUT2D eigenvalue weighted by Gasteiger charge is -2.43. The Morgan fingerprint density at radius 3 is 2.64 bits per heavy atom. The summed E-state index contributed by atoms with van der Waals surface area (Å²) in [7, 11) is 0. The number of carbonyl (C=O) groups is 2. The number of aromatic amines is 2. The molecule has 1 aliphatic carbocycles. The second-order valence-electron chi connectivity index (χ2n) is 9.21. The lowest BCUT2D eigenvalue weighted by Crippen LogP contribution is -2.62. The molecular formula is C25H22N6O2. The molecule has 8 nitrogen and oxygen atoms in total. The zero-order valence-electron chi connectivity index (χ0n) is 17.9. The number of amides is 3. The first-order chi connectivity index (χ1) is 16.1. The number of para-hydroxylation sites is 1. The highest BCUT2D eigenvalue weighted by molar-refractivity contribution is 6.48. The van der Waals surface area contributed by atoms with Crippen LogP contribution in [0.5, 0.6) is 0 Å². The number of aliphatic imine (C=N–C) groups is 1. The van der Waals surface area contributed by atoms with Crippen molar-refractivity contribution in [2.75, 3.05) is 6.54 Å². The van der Waals surface area contributed by atoms with E-state index in [1.807, 2.05) is 48.8 Å². The summed E-state index contributed by atoms with van der Waals surface area (Å²) in [4.78, 5) is 37.6. The molecule has 4 aromatic rings. The molecule has 0 radical (unpaired) electrons. The van der Waals surface area contributed by atoms with Crippen LogP contribution in [-0.2, 0) is 4.79 Å². The Balaban J connectivity index is 1.49. The Hall–Kier alpha value is -4.07. The molecule has 2 aliphatic heterocycles. The molecule has 0 unspecified atom stereocenters. The van der Waals surface area contributed by atoms with E-state index in [0.29, 0.717) is 12.3 Å². The van der Waals surface area contributed by atoms with Crippen molar-refractivity contribution in [1.29, 1.82) is 0 Å². The molecule has 2 aromatic heterocycles. The number of fused-ring (bicyclic) bond motifs is 4. The van der Waals surface area contributed by atoms with E-state index >= 15 is 0 Å². The lowest BCUT2D eigenvalue weighted by molar-refractivity contribution is -0.116. The smallest absolute Gasteiger partial charge is 0.315 e. The highest BCUT2D eigenvalue weighted by Crippen LogP contribution is 2.48. The highest BCUT2D eigenvalue weighted by atomic mass is 16.2. The monoisotopic (exact) mass is 438 g/mol. The third-order valence-corrected chi connectivity index (χ3v) is 7.69. The van der Waals surface area contributed by atoms with Crippen LogP contribution in [0.3, 0.4) is 0 Å². The van der Waals surface area contributed by atoms with Gasteiger partial charge in [-0.1, -0.05) is 37.3 Å². The molecule has 1 spiro atoms. The van der Waals surface area contributed by atoms with Gasteiger partial charge < -0.3 is 25.9 Å². The van der Waals surface area contributed by atoms with Gasteiger partial charge >= 0.3 is 6.03 Å². The Morgan fingerprint density at radius 1 is 0.970 bits per heavy atom. The van der Waals surface area contributed by atoms with Crippen LogP contribution in [0.4, 0.5) is 4.79 Å². The van der Waals surface area contributed by atoms with E-state index in [0.717, 1.165) is 38.5 Å². The molecular weight excluding hydrogens is 416 g/mol. The highest BCUT2D eigenvalue weighted by Gasteiger charge is 2.56. The predicted octanol–water partition coefficient (Wildman–Crippen LogP) is 2.85. The lowest BCUT2D eigenvalue weighted by atomic mass is 9.74. The van der Waals surface area contributed by atoms with Crippen LogP contribution < -0.4 is 16.0 Å². The van der Waals surface area contributed by atoms with Gasteiger partial charge in [0.05, 0.1) is 11.6 Å². The maximum Gasteiger partial charge on any atom is 0.315 e. The molecule has 2 aromatic carbocycles. The van der Waals surface area contributed by atoms with Crippen molar-refractivity contribution in [3.8, 4) is 0 Å². The number of carbonyl (C=O) groups excluding carboxylic acids is 2. The second-order valence-corrected chi connectivity index (χ2v) is 9.21. The molecule has 8 heteroatoms. The van der Waals surface area contributed by atoms with E-state index in [-0.39, 0.29) is 29.9 Å². The molecule has 33 heavy (non-hydrogen) atoms. The van der Waals surface area contributed by atoms with E-state index in [4.69, 9.17) is 4.99 Å². The Morgan fingerprint density at radius 2 is 1.79 bits per heavy atom. The van der Waals surface area contributed by atoms with Crippen LogP contribution in [0.2, 0.25) is 0 Å². The van der Waals surface area contributed by atoms with E-state index < -0.39 is 5.54 Å². The fourth-order valence-electron chi connectivity index (χ4n) is 6.03. The minimum Gasteiger partial charge on any atom is -0.361 e. The maximum absolute atomic E-state index is 13.4. The van der Waals surface area contributed by atoms with Crippen LogP contribution in [0.25, 0.3) is 21.8 Å². The van der Waals surface area contributed by atoms with Gasteiger partial charge in [0, 0.05) is 57.8 Å². The standard InChI is InChI=1S/C25H22N6O2/c1-12-13-6-4-8-18-19(13)16(10-27-18)20-22(25(12)11-28-24(33)31-25)29-21(23(32)30-20)15-9-26-17-7-3-2-5-14(15)17/h2-10,12,20,22,26-27H,11H2,1H3,(H,30,32)(H2,28,31,33)/t12-,20+,22-,25-/m0/s1. The molecule has 1 saturated heterocycles. The average molecular weight is 438 g/mol. The van der Waals surface area contributed by atoms with Crippen molar-refractivity contribution >= 4 is 39.5 Å². The number of H-pyrrole nitrogens is 2. The van der Waals surface area contributed by atoms with E-state index in [2.05, 4.69) is 38.9 Å². The Kier molecular flexibility index (Phi) is 3.50. The molecule has 5 N–H and O–H groups in total. The van der Waals surface area contributed by atoms with E-state index in [1.54, 1.807) is 0 Å². The predicted molar refractivity (Wildman–Crippen MR) is 125 cm³/mol. The molecule has 3 aliphatic rings. The fraction of sp³-hybridized carbons (Fsp3) is 0.240. The number of hydrogen-bond donors (Lipinski definition) is 5. The summed E-state index contributed by atoms with van der Waals surface area (Å²) < 4.78 is 0. The van der Waals surface area contributed by atoms with Gasteiger partial charge in [0.15, 0.2) is 0 Å². The third kappa shape index (κ3) is 2.32. The maximum atomic E-state index is 13.4. The van der Waals surface area contributed by atoms with Gasteiger partial charge in [0.2, 0.25) is 0 Å². The molecule has 3 amide bonds. The first-order valence-electron chi connectivity index (χ1n) is 11.2. The summed E-state index contributed by atoms with van der Waals surface area (Å²) in [5.74, 6) is -0.248. The summed E-state index contributed by atoms with van der Waals surface area (Å²) in [6.45, 7) is 2.57. The van der Waals surface area contributed by atoms with E-state index in [9.17, 15) is 9.59 Å². The topological polar surface area (TPSA) is 114 Å². The molecule has 4 heterocycles. The van der Waals surface area contributed by atoms with Crippen LogP contribution >= 0.6 is 0 Å². The number of hydrogen-bond acceptors (Lipinski definition) is 3. The van der Waals surface area contributed by atoms with Gasteiger partial charge in [-0.2, -0.15) is 0 Å². The molecule has 0 bridgehead atoms.